The molecule has 0 rings (SSSR count). The Kier molecular flexibility index (Phi) is 5.39. The van der Waals surface area contributed by atoms with Gasteiger partial charge in [-0.25, -0.2) is 0 Å². The first kappa shape index (κ1) is 12.2. The summed E-state index contributed by atoms with van der Waals surface area (Å²) in [6, 6.07) is 0. The molecular formula is C10H18O3. The molecule has 0 aromatic heterocycles. The molecule has 0 heterocycles. The second-order valence-electron chi connectivity index (χ2n) is 3.10. The summed E-state index contributed by atoms with van der Waals surface area (Å²) in [5.41, 5.74) is 0. The van der Waals surface area contributed by atoms with Crippen molar-refractivity contribution in [2.75, 3.05) is 0 Å². The molecule has 1 N–H and O–H groups in total. The van der Waals surface area contributed by atoms with Crippen LogP contribution in [0.4, 0.5) is 0 Å². The van der Waals surface area contributed by atoms with Gasteiger partial charge in [-0.1, -0.05) is 26.3 Å². The molecule has 0 bridgehead atoms. The third-order valence-electron chi connectivity index (χ3n) is 1.78. The van der Waals surface area contributed by atoms with E-state index in [1.165, 1.54) is 13.0 Å². The van der Waals surface area contributed by atoms with Crippen LogP contribution >= 0.6 is 0 Å². The first-order valence-corrected chi connectivity index (χ1v) is 4.59. The summed E-state index contributed by atoms with van der Waals surface area (Å²) in [5, 5.41) is 9.66. The molecule has 0 saturated carbocycles. The van der Waals surface area contributed by atoms with Crippen molar-refractivity contribution in [3.63, 3.8) is 0 Å². The van der Waals surface area contributed by atoms with E-state index in [2.05, 4.69) is 13.5 Å². The molecule has 0 spiro atoms. The lowest BCUT2D eigenvalue weighted by molar-refractivity contribution is -0.190. The summed E-state index contributed by atoms with van der Waals surface area (Å²) in [6.07, 6.45) is 4.59. The molecule has 0 aromatic rings. The zero-order valence-corrected chi connectivity index (χ0v) is 8.38. The van der Waals surface area contributed by atoms with E-state index in [1.54, 1.807) is 0 Å². The van der Waals surface area contributed by atoms with Crippen molar-refractivity contribution in [2.24, 2.45) is 0 Å². The van der Waals surface area contributed by atoms with Gasteiger partial charge in [-0.05, 0) is 12.5 Å². The van der Waals surface area contributed by atoms with Crippen molar-refractivity contribution in [3.8, 4) is 0 Å². The number of carbonyl (C=O) groups excluding carboxylic acids is 1. The van der Waals surface area contributed by atoms with Crippen molar-refractivity contribution in [1.82, 2.24) is 0 Å². The molecule has 0 amide bonds. The smallest absolute Gasteiger partial charge is 0.305 e. The second kappa shape index (κ2) is 5.75. The quantitative estimate of drug-likeness (QED) is 0.299. The van der Waals surface area contributed by atoms with Gasteiger partial charge in [-0.3, -0.25) is 4.79 Å². The average Bonchev–Trinajstić information content (AvgIpc) is 2.04. The van der Waals surface area contributed by atoms with Gasteiger partial charge >= 0.3 is 5.97 Å². The molecule has 0 fully saturated rings. The van der Waals surface area contributed by atoms with Crippen molar-refractivity contribution < 1.29 is 14.6 Å². The second-order valence-corrected chi connectivity index (χ2v) is 3.10. The number of esters is 1. The van der Waals surface area contributed by atoms with Crippen LogP contribution in [0.3, 0.4) is 0 Å². The molecule has 1 unspecified atom stereocenters. The Hall–Kier alpha value is -0.830. The van der Waals surface area contributed by atoms with Gasteiger partial charge in [0.25, 0.3) is 0 Å². The molecule has 76 valence electrons. The largest absolute Gasteiger partial charge is 0.430 e. The highest BCUT2D eigenvalue weighted by Gasteiger charge is 2.25. The molecule has 0 saturated heterocycles. The number of unbranched alkanes of at least 4 members (excludes halogenated alkanes) is 2. The third-order valence-corrected chi connectivity index (χ3v) is 1.78. The van der Waals surface area contributed by atoms with Gasteiger partial charge in [-0.2, -0.15) is 0 Å². The van der Waals surface area contributed by atoms with Gasteiger partial charge in [0.15, 0.2) is 0 Å². The minimum atomic E-state index is -1.47. The first-order chi connectivity index (χ1) is 6.04. The maximum absolute atomic E-state index is 10.6. The number of hydrogen-bond donors (Lipinski definition) is 1. The summed E-state index contributed by atoms with van der Waals surface area (Å²) < 4.78 is 4.73. The fourth-order valence-electron chi connectivity index (χ4n) is 1.07. The number of rotatable bonds is 6. The SMILES string of the molecule is C=CC(O)(CCCCC)OC(C)=O. The van der Waals surface area contributed by atoms with Crippen molar-refractivity contribution in [3.05, 3.63) is 12.7 Å². The van der Waals surface area contributed by atoms with E-state index >= 15 is 0 Å². The molecule has 3 heteroatoms. The van der Waals surface area contributed by atoms with Crippen LogP contribution in [0.5, 0.6) is 0 Å². The van der Waals surface area contributed by atoms with Gasteiger partial charge in [0.2, 0.25) is 5.79 Å². The van der Waals surface area contributed by atoms with Crippen molar-refractivity contribution in [1.29, 1.82) is 0 Å². The van der Waals surface area contributed by atoms with Crippen LogP contribution in [0.25, 0.3) is 0 Å². The lowest BCUT2D eigenvalue weighted by Crippen LogP contribution is -2.31. The maximum Gasteiger partial charge on any atom is 0.305 e. The summed E-state index contributed by atoms with van der Waals surface area (Å²) in [6.45, 7) is 6.78. The Bertz CT molecular complexity index is 177. The molecule has 3 nitrogen and oxygen atoms in total. The molecule has 0 aliphatic rings. The van der Waals surface area contributed by atoms with Crippen molar-refractivity contribution in [2.45, 2.75) is 45.3 Å². The lowest BCUT2D eigenvalue weighted by Gasteiger charge is -2.23. The zero-order valence-electron chi connectivity index (χ0n) is 8.38. The fraction of sp³-hybridized carbons (Fsp3) is 0.700. The zero-order chi connectivity index (χ0) is 10.3. The van der Waals surface area contributed by atoms with Gasteiger partial charge in [0, 0.05) is 13.3 Å². The third kappa shape index (κ3) is 5.42. The summed E-state index contributed by atoms with van der Waals surface area (Å²) in [7, 11) is 0. The van der Waals surface area contributed by atoms with E-state index in [1.807, 2.05) is 0 Å². The van der Waals surface area contributed by atoms with Gasteiger partial charge in [0.1, 0.15) is 0 Å². The van der Waals surface area contributed by atoms with E-state index in [-0.39, 0.29) is 0 Å². The van der Waals surface area contributed by atoms with E-state index in [9.17, 15) is 9.90 Å². The number of aliphatic hydroxyl groups is 1. The highest BCUT2D eigenvalue weighted by molar-refractivity contribution is 5.66. The molecule has 0 radical (unpaired) electrons. The predicted molar refractivity (Wildman–Crippen MR) is 51.1 cm³/mol. The monoisotopic (exact) mass is 186 g/mol. The van der Waals surface area contributed by atoms with Crippen LogP contribution in [0.1, 0.15) is 39.5 Å². The van der Waals surface area contributed by atoms with Crippen LogP contribution in [-0.2, 0) is 9.53 Å². The van der Waals surface area contributed by atoms with Crippen LogP contribution in [0.15, 0.2) is 12.7 Å². The highest BCUT2D eigenvalue weighted by Crippen LogP contribution is 2.18. The Morgan fingerprint density at radius 2 is 2.23 bits per heavy atom. The minimum Gasteiger partial charge on any atom is -0.430 e. The first-order valence-electron chi connectivity index (χ1n) is 4.59. The minimum absolute atomic E-state index is 0.421. The summed E-state index contributed by atoms with van der Waals surface area (Å²) >= 11 is 0. The van der Waals surface area contributed by atoms with Crippen LogP contribution in [0, 0.1) is 0 Å². The van der Waals surface area contributed by atoms with Crippen LogP contribution in [-0.4, -0.2) is 16.9 Å². The molecule has 0 aliphatic heterocycles. The van der Waals surface area contributed by atoms with Crippen molar-refractivity contribution >= 4 is 5.97 Å². The molecule has 0 aliphatic carbocycles. The number of carbonyl (C=O) groups is 1. The standard InChI is InChI=1S/C10H18O3/c1-4-6-7-8-10(12,5-2)13-9(3)11/h5,12H,2,4,6-8H2,1,3H3. The highest BCUT2D eigenvalue weighted by atomic mass is 16.7. The Balaban J connectivity index is 3.96. The number of hydrogen-bond acceptors (Lipinski definition) is 3. The van der Waals surface area contributed by atoms with Gasteiger partial charge in [0.05, 0.1) is 0 Å². The molecule has 1 atom stereocenters. The topological polar surface area (TPSA) is 46.5 Å². The van der Waals surface area contributed by atoms with E-state index in [4.69, 9.17) is 4.74 Å². The summed E-state index contributed by atoms with van der Waals surface area (Å²) in [4.78, 5) is 10.6. The molecule has 0 aromatic carbocycles. The fourth-order valence-corrected chi connectivity index (χ4v) is 1.07. The average molecular weight is 186 g/mol. The normalized spacial score (nSPS) is 14.7. The van der Waals surface area contributed by atoms with E-state index < -0.39 is 11.8 Å². The Labute approximate surface area is 79.4 Å². The number of ether oxygens (including phenoxy) is 1. The molecule has 13 heavy (non-hydrogen) atoms. The summed E-state index contributed by atoms with van der Waals surface area (Å²) in [5.74, 6) is -1.96. The Morgan fingerprint density at radius 1 is 1.62 bits per heavy atom. The maximum atomic E-state index is 10.6. The van der Waals surface area contributed by atoms with Crippen LogP contribution < -0.4 is 0 Å². The van der Waals surface area contributed by atoms with Gasteiger partial charge in [-0.15, -0.1) is 0 Å². The van der Waals surface area contributed by atoms with E-state index in [0.29, 0.717) is 6.42 Å². The lowest BCUT2D eigenvalue weighted by atomic mass is 10.1. The van der Waals surface area contributed by atoms with Gasteiger partial charge < -0.3 is 9.84 Å². The van der Waals surface area contributed by atoms with Crippen LogP contribution in [0.2, 0.25) is 0 Å². The predicted octanol–water partition coefficient (Wildman–Crippen LogP) is 2.00. The molecular weight excluding hydrogens is 168 g/mol. The Morgan fingerprint density at radius 3 is 2.62 bits per heavy atom. The van der Waals surface area contributed by atoms with E-state index in [0.717, 1.165) is 19.3 Å².